The fourth-order valence-electron chi connectivity index (χ4n) is 3.45. The van der Waals surface area contributed by atoms with Gasteiger partial charge in [0.1, 0.15) is 6.34 Å². The van der Waals surface area contributed by atoms with E-state index in [2.05, 4.69) is 31.4 Å². The maximum atomic E-state index is 12.6. The number of aromatic nitrogens is 3. The minimum Gasteiger partial charge on any atom is -0.361 e. The van der Waals surface area contributed by atoms with E-state index in [9.17, 15) is 4.79 Å². The van der Waals surface area contributed by atoms with Gasteiger partial charge >= 0.3 is 0 Å². The highest BCUT2D eigenvalue weighted by Gasteiger charge is 2.11. The number of para-hydroxylation sites is 1. The van der Waals surface area contributed by atoms with Crippen molar-refractivity contribution in [2.24, 2.45) is 4.99 Å². The number of benzene rings is 2. The third-order valence-corrected chi connectivity index (χ3v) is 5.27. The molecule has 0 radical (unpaired) electrons. The molecule has 0 saturated heterocycles. The van der Waals surface area contributed by atoms with Crippen LogP contribution in [0.25, 0.3) is 10.9 Å². The Labute approximate surface area is 191 Å². The Kier molecular flexibility index (Phi) is 6.47. The third kappa shape index (κ3) is 5.12. The van der Waals surface area contributed by atoms with Crippen molar-refractivity contribution in [3.05, 3.63) is 88.3 Å². The van der Waals surface area contributed by atoms with E-state index in [1.807, 2.05) is 44.3 Å². The van der Waals surface area contributed by atoms with Crippen molar-refractivity contribution in [3.63, 3.8) is 0 Å². The van der Waals surface area contributed by atoms with Gasteiger partial charge < -0.3 is 4.98 Å². The summed E-state index contributed by atoms with van der Waals surface area (Å²) in [6, 6.07) is 16.9. The van der Waals surface area contributed by atoms with Crippen molar-refractivity contribution in [2.45, 2.75) is 20.3 Å². The molecule has 0 aliphatic heterocycles. The number of aliphatic imine (C=N–C) groups is 1. The first-order valence-corrected chi connectivity index (χ1v) is 10.6. The van der Waals surface area contributed by atoms with Gasteiger partial charge in [-0.05, 0) is 50.1 Å². The number of carbonyl (C=O) groups excluding carboxylic acids is 1. The summed E-state index contributed by atoms with van der Waals surface area (Å²) in [7, 11) is 0. The van der Waals surface area contributed by atoms with E-state index >= 15 is 0 Å². The smallest absolute Gasteiger partial charge is 0.279 e. The van der Waals surface area contributed by atoms with Crippen molar-refractivity contribution in [2.75, 3.05) is 12.0 Å². The molecule has 0 saturated carbocycles. The predicted molar refractivity (Wildman–Crippen MR) is 128 cm³/mol. The summed E-state index contributed by atoms with van der Waals surface area (Å²) < 4.78 is 0. The first kappa shape index (κ1) is 21.5. The topological polar surface area (TPSA) is 86.3 Å². The second kappa shape index (κ2) is 9.62. The summed E-state index contributed by atoms with van der Waals surface area (Å²) in [5.41, 5.74) is 7.46. The summed E-state index contributed by atoms with van der Waals surface area (Å²) in [5.74, 6) is 0.0221. The molecule has 0 bridgehead atoms. The maximum absolute atomic E-state index is 12.6. The number of nitrogens with zero attached hydrogens (tertiary/aromatic N) is 4. The third-order valence-electron chi connectivity index (χ3n) is 4.94. The van der Waals surface area contributed by atoms with E-state index in [4.69, 9.17) is 11.6 Å². The van der Waals surface area contributed by atoms with Crippen molar-refractivity contribution in [1.29, 1.82) is 0 Å². The normalized spacial score (nSPS) is 11.2. The van der Waals surface area contributed by atoms with Gasteiger partial charge in [-0.25, -0.2) is 9.97 Å². The molecule has 0 atom stereocenters. The van der Waals surface area contributed by atoms with Gasteiger partial charge in [-0.2, -0.15) is 4.99 Å². The van der Waals surface area contributed by atoms with E-state index in [-0.39, 0.29) is 0 Å². The molecule has 4 aromatic rings. The number of hydrogen-bond donors (Lipinski definition) is 2. The molecule has 2 N–H and O–H groups in total. The largest absolute Gasteiger partial charge is 0.361 e. The number of H-pyrrole nitrogens is 1. The Morgan fingerprint density at radius 3 is 2.62 bits per heavy atom. The highest BCUT2D eigenvalue weighted by Crippen LogP contribution is 2.19. The zero-order chi connectivity index (χ0) is 22.5. The zero-order valence-corrected chi connectivity index (χ0v) is 18.6. The second-order valence-electron chi connectivity index (χ2n) is 7.42. The molecule has 32 heavy (non-hydrogen) atoms. The van der Waals surface area contributed by atoms with Crippen LogP contribution >= 0.6 is 11.6 Å². The monoisotopic (exact) mass is 446 g/mol. The van der Waals surface area contributed by atoms with Crippen LogP contribution < -0.4 is 5.43 Å². The van der Waals surface area contributed by atoms with Gasteiger partial charge in [0.2, 0.25) is 5.95 Å². The van der Waals surface area contributed by atoms with E-state index < -0.39 is 5.91 Å². The molecule has 2 heterocycles. The van der Waals surface area contributed by atoms with Crippen LogP contribution in [0.3, 0.4) is 0 Å². The Morgan fingerprint density at radius 2 is 1.84 bits per heavy atom. The zero-order valence-electron chi connectivity index (χ0n) is 17.8. The average molecular weight is 447 g/mol. The lowest BCUT2D eigenvalue weighted by Crippen LogP contribution is -2.32. The maximum Gasteiger partial charge on any atom is 0.279 e. The summed E-state index contributed by atoms with van der Waals surface area (Å²) in [6.45, 7) is 4.35. The van der Waals surface area contributed by atoms with E-state index in [1.54, 1.807) is 29.3 Å². The molecule has 162 valence electrons. The van der Waals surface area contributed by atoms with Gasteiger partial charge in [0.15, 0.2) is 0 Å². The van der Waals surface area contributed by atoms with Crippen molar-refractivity contribution >= 4 is 40.7 Å². The minimum absolute atomic E-state index is 0.352. The molecule has 0 unspecified atom stereocenters. The highest BCUT2D eigenvalue weighted by atomic mass is 35.5. The van der Waals surface area contributed by atoms with Crippen molar-refractivity contribution in [1.82, 2.24) is 20.0 Å². The first-order valence-electron chi connectivity index (χ1n) is 10.2. The van der Waals surface area contributed by atoms with Crippen LogP contribution in [0, 0.1) is 13.8 Å². The van der Waals surface area contributed by atoms with Crippen LogP contribution in [0.15, 0.2) is 65.8 Å². The Balaban J connectivity index is 1.55. The lowest BCUT2D eigenvalue weighted by molar-refractivity contribution is 0.100. The van der Waals surface area contributed by atoms with E-state index in [1.165, 1.54) is 17.3 Å². The SMILES string of the molecule is Cc1cc(C)nc(NN(C=NC(=O)c2ccccc2Cl)CCc2c[nH]c3ccccc23)n1. The molecule has 0 spiro atoms. The number of hydrazine groups is 1. The lowest BCUT2D eigenvalue weighted by atomic mass is 10.1. The van der Waals surface area contributed by atoms with Crippen LogP contribution in [0.2, 0.25) is 5.02 Å². The van der Waals surface area contributed by atoms with Gasteiger partial charge in [-0.3, -0.25) is 15.2 Å². The number of aromatic amines is 1. The van der Waals surface area contributed by atoms with Crippen LogP contribution in [-0.2, 0) is 6.42 Å². The van der Waals surface area contributed by atoms with Gasteiger partial charge in [-0.1, -0.05) is 41.9 Å². The van der Waals surface area contributed by atoms with Gasteiger partial charge in [-0.15, -0.1) is 0 Å². The van der Waals surface area contributed by atoms with Crippen LogP contribution in [0.1, 0.15) is 27.3 Å². The quantitative estimate of drug-likeness (QED) is 0.238. The summed E-state index contributed by atoms with van der Waals surface area (Å²) >= 11 is 6.14. The number of nitrogens with one attached hydrogen (secondary N) is 2. The van der Waals surface area contributed by atoms with Crippen LogP contribution in [0.4, 0.5) is 5.95 Å². The van der Waals surface area contributed by atoms with Gasteiger partial charge in [0, 0.05) is 35.0 Å². The molecule has 1 amide bonds. The van der Waals surface area contributed by atoms with Crippen LogP contribution in [0.5, 0.6) is 0 Å². The number of aryl methyl sites for hydroxylation is 2. The first-order chi connectivity index (χ1) is 15.5. The predicted octanol–water partition coefficient (Wildman–Crippen LogP) is 4.97. The molecule has 0 aliphatic rings. The van der Waals surface area contributed by atoms with Crippen LogP contribution in [-0.4, -0.2) is 38.8 Å². The molecule has 0 fully saturated rings. The summed E-state index contributed by atoms with van der Waals surface area (Å²) in [6.07, 6.45) is 4.18. The molecule has 0 aliphatic carbocycles. The van der Waals surface area contributed by atoms with E-state index in [0.29, 0.717) is 29.5 Å². The standard InChI is InChI=1S/C24H23ClN6O/c1-16-13-17(2)29-24(28-16)30-31(15-27-23(32)20-8-3-5-9-21(20)25)12-11-18-14-26-22-10-6-4-7-19(18)22/h3-10,13-15,26H,11-12H2,1-2H3,(H,28,29,30). The van der Waals surface area contributed by atoms with Crippen molar-refractivity contribution in [3.8, 4) is 0 Å². The minimum atomic E-state index is -0.421. The number of halogens is 1. The molecule has 2 aromatic carbocycles. The number of fused-ring (bicyclic) bond motifs is 1. The molecule has 8 heteroatoms. The lowest BCUT2D eigenvalue weighted by Gasteiger charge is -2.20. The Hall–Kier alpha value is -3.71. The number of rotatable bonds is 7. The Bertz CT molecular complexity index is 1260. The van der Waals surface area contributed by atoms with Crippen molar-refractivity contribution < 1.29 is 4.79 Å². The highest BCUT2D eigenvalue weighted by molar-refractivity contribution is 6.34. The number of carbonyl (C=O) groups is 1. The van der Waals surface area contributed by atoms with E-state index in [0.717, 1.165) is 16.9 Å². The summed E-state index contributed by atoms with van der Waals surface area (Å²) in [5, 5.41) is 3.25. The average Bonchev–Trinajstić information content (AvgIpc) is 3.18. The molecule has 4 rings (SSSR count). The number of anilines is 1. The van der Waals surface area contributed by atoms with Gasteiger partial charge in [0.05, 0.1) is 10.6 Å². The molecule has 2 aromatic heterocycles. The molecular formula is C24H23ClN6O. The Morgan fingerprint density at radius 1 is 1.12 bits per heavy atom. The van der Waals surface area contributed by atoms with Gasteiger partial charge in [0.25, 0.3) is 5.91 Å². The molecular weight excluding hydrogens is 424 g/mol. The fourth-order valence-corrected chi connectivity index (χ4v) is 3.67. The second-order valence-corrected chi connectivity index (χ2v) is 7.83. The number of amides is 1. The summed E-state index contributed by atoms with van der Waals surface area (Å²) in [4.78, 5) is 28.8. The molecule has 7 nitrogen and oxygen atoms in total. The number of hydrogen-bond acceptors (Lipinski definition) is 4. The fraction of sp³-hybridized carbons (Fsp3) is 0.167.